The summed E-state index contributed by atoms with van der Waals surface area (Å²) in [7, 11) is 0. The van der Waals surface area contributed by atoms with Gasteiger partial charge >= 0.3 is 0 Å². The maximum Gasteiger partial charge on any atom is 0.156 e. The molecule has 0 bridgehead atoms. The molecule has 1 aromatic rings. The molecule has 16 heavy (non-hydrogen) atoms. The Morgan fingerprint density at radius 3 is 3.12 bits per heavy atom. The van der Waals surface area contributed by atoms with Gasteiger partial charge < -0.3 is 5.32 Å². The largest absolute Gasteiger partial charge is 0.363 e. The quantitative estimate of drug-likeness (QED) is 0.868. The van der Waals surface area contributed by atoms with Crippen LogP contribution < -0.4 is 5.32 Å². The van der Waals surface area contributed by atoms with Gasteiger partial charge in [0.1, 0.15) is 0 Å². The van der Waals surface area contributed by atoms with Crippen molar-refractivity contribution in [2.45, 2.75) is 20.4 Å². The lowest BCUT2D eigenvalue weighted by Gasteiger charge is -2.17. The van der Waals surface area contributed by atoms with Crippen molar-refractivity contribution in [1.82, 2.24) is 15.1 Å². The molecule has 5 heteroatoms. The van der Waals surface area contributed by atoms with Crippen LogP contribution in [-0.4, -0.2) is 33.8 Å². The summed E-state index contributed by atoms with van der Waals surface area (Å²) < 4.78 is 1.96. The van der Waals surface area contributed by atoms with Gasteiger partial charge in [0.15, 0.2) is 5.17 Å². The van der Waals surface area contributed by atoms with Gasteiger partial charge in [-0.1, -0.05) is 18.7 Å². The van der Waals surface area contributed by atoms with Crippen LogP contribution in [0.5, 0.6) is 0 Å². The molecule has 1 unspecified atom stereocenters. The van der Waals surface area contributed by atoms with E-state index in [-0.39, 0.29) is 0 Å². The first-order valence-electron chi connectivity index (χ1n) is 5.64. The Morgan fingerprint density at radius 2 is 2.50 bits per heavy atom. The summed E-state index contributed by atoms with van der Waals surface area (Å²) in [6, 6.07) is 0. The van der Waals surface area contributed by atoms with Gasteiger partial charge in [-0.05, 0) is 18.4 Å². The van der Waals surface area contributed by atoms with Gasteiger partial charge in [-0.15, -0.1) is 0 Å². The smallest absolute Gasteiger partial charge is 0.156 e. The van der Waals surface area contributed by atoms with Gasteiger partial charge in [-0.3, -0.25) is 9.67 Å². The molecule has 0 spiro atoms. The zero-order valence-corrected chi connectivity index (χ0v) is 10.6. The van der Waals surface area contributed by atoms with E-state index in [1.54, 1.807) is 0 Å². The highest BCUT2D eigenvalue weighted by molar-refractivity contribution is 8.13. The first-order chi connectivity index (χ1) is 7.74. The van der Waals surface area contributed by atoms with E-state index in [1.165, 1.54) is 11.3 Å². The number of rotatable bonds is 3. The molecular weight excluding hydrogens is 220 g/mol. The van der Waals surface area contributed by atoms with E-state index < -0.39 is 0 Å². The number of amidine groups is 1. The molecule has 0 aliphatic carbocycles. The molecule has 1 N–H and O–H groups in total. The van der Waals surface area contributed by atoms with Crippen molar-refractivity contribution in [2.75, 3.05) is 18.8 Å². The highest BCUT2D eigenvalue weighted by Crippen LogP contribution is 2.15. The molecule has 1 aliphatic heterocycles. The van der Waals surface area contributed by atoms with Gasteiger partial charge in [0.25, 0.3) is 0 Å². The highest BCUT2D eigenvalue weighted by atomic mass is 32.2. The van der Waals surface area contributed by atoms with Crippen molar-refractivity contribution in [3.05, 3.63) is 18.0 Å². The fourth-order valence-corrected chi connectivity index (χ4v) is 2.45. The summed E-state index contributed by atoms with van der Waals surface area (Å²) in [6.07, 6.45) is 3.94. The van der Waals surface area contributed by atoms with E-state index in [0.717, 1.165) is 24.8 Å². The molecule has 88 valence electrons. The summed E-state index contributed by atoms with van der Waals surface area (Å²) in [6.45, 7) is 7.03. The third-order valence-electron chi connectivity index (χ3n) is 2.43. The third-order valence-corrected chi connectivity index (χ3v) is 3.71. The minimum absolute atomic E-state index is 0.712. The van der Waals surface area contributed by atoms with Crippen molar-refractivity contribution in [3.8, 4) is 0 Å². The first-order valence-corrected chi connectivity index (χ1v) is 6.63. The van der Waals surface area contributed by atoms with Crippen LogP contribution in [0, 0.1) is 12.8 Å². The summed E-state index contributed by atoms with van der Waals surface area (Å²) in [5.74, 6) is 1.89. The van der Waals surface area contributed by atoms with Gasteiger partial charge in [-0.25, -0.2) is 0 Å². The third kappa shape index (κ3) is 3.27. The van der Waals surface area contributed by atoms with Crippen molar-refractivity contribution >= 4 is 16.9 Å². The van der Waals surface area contributed by atoms with Crippen LogP contribution in [0.1, 0.15) is 12.5 Å². The molecule has 2 rings (SSSR count). The lowest BCUT2D eigenvalue weighted by molar-refractivity contribution is 0.601. The zero-order valence-electron chi connectivity index (χ0n) is 9.81. The Labute approximate surface area is 101 Å². The molecular formula is C11H18N4S. The number of aromatic nitrogens is 2. The Kier molecular flexibility index (Phi) is 3.88. The Balaban J connectivity index is 1.72. The van der Waals surface area contributed by atoms with Crippen LogP contribution >= 0.6 is 11.8 Å². The summed E-state index contributed by atoms with van der Waals surface area (Å²) in [4.78, 5) is 4.49. The SMILES string of the molecule is Cc1cnn(CCNC2=NCC(C)CS2)c1. The number of hydrogen-bond acceptors (Lipinski definition) is 4. The van der Waals surface area contributed by atoms with Crippen LogP contribution in [0.4, 0.5) is 0 Å². The van der Waals surface area contributed by atoms with Crippen LogP contribution in [0.25, 0.3) is 0 Å². The Hall–Kier alpha value is -0.970. The molecule has 0 saturated heterocycles. The summed E-state index contributed by atoms with van der Waals surface area (Å²) in [5, 5.41) is 8.68. The average molecular weight is 238 g/mol. The predicted molar refractivity (Wildman–Crippen MR) is 68.9 cm³/mol. The van der Waals surface area contributed by atoms with E-state index in [9.17, 15) is 0 Å². The van der Waals surface area contributed by atoms with Gasteiger partial charge in [0.2, 0.25) is 0 Å². The molecule has 4 nitrogen and oxygen atoms in total. The van der Waals surface area contributed by atoms with Crippen LogP contribution in [-0.2, 0) is 6.54 Å². The van der Waals surface area contributed by atoms with Crippen molar-refractivity contribution in [2.24, 2.45) is 10.9 Å². The number of nitrogens with zero attached hydrogens (tertiary/aromatic N) is 3. The van der Waals surface area contributed by atoms with Gasteiger partial charge in [0.05, 0.1) is 12.7 Å². The second kappa shape index (κ2) is 5.39. The second-order valence-electron chi connectivity index (χ2n) is 4.27. The Bertz CT molecular complexity index is 372. The monoisotopic (exact) mass is 238 g/mol. The molecule has 2 heterocycles. The van der Waals surface area contributed by atoms with Crippen molar-refractivity contribution in [1.29, 1.82) is 0 Å². The van der Waals surface area contributed by atoms with Crippen LogP contribution in [0.3, 0.4) is 0 Å². The summed E-state index contributed by atoms with van der Waals surface area (Å²) in [5.41, 5.74) is 1.21. The standard InChI is InChI=1S/C11H18N4S/c1-9-6-14-15(7-9)4-3-12-11-13-5-10(2)8-16-11/h6-7,10H,3-5,8H2,1-2H3,(H,12,13). The van der Waals surface area contributed by atoms with Crippen LogP contribution in [0.15, 0.2) is 17.4 Å². The van der Waals surface area contributed by atoms with Crippen molar-refractivity contribution < 1.29 is 0 Å². The number of nitrogens with one attached hydrogen (secondary N) is 1. The maximum atomic E-state index is 4.49. The van der Waals surface area contributed by atoms with E-state index in [1.807, 2.05) is 22.6 Å². The zero-order chi connectivity index (χ0) is 11.4. The van der Waals surface area contributed by atoms with E-state index in [0.29, 0.717) is 5.92 Å². The predicted octanol–water partition coefficient (Wildman–Crippen LogP) is 1.52. The normalized spacial score (nSPS) is 20.6. The van der Waals surface area contributed by atoms with Gasteiger partial charge in [0, 0.05) is 25.0 Å². The Morgan fingerprint density at radius 1 is 1.62 bits per heavy atom. The molecule has 0 aromatic carbocycles. The molecule has 0 saturated carbocycles. The molecule has 0 radical (unpaired) electrons. The average Bonchev–Trinajstić information content (AvgIpc) is 2.67. The van der Waals surface area contributed by atoms with Gasteiger partial charge in [-0.2, -0.15) is 5.10 Å². The van der Waals surface area contributed by atoms with E-state index in [2.05, 4.69) is 35.5 Å². The maximum absolute atomic E-state index is 4.49. The topological polar surface area (TPSA) is 42.2 Å². The lowest BCUT2D eigenvalue weighted by atomic mass is 10.2. The molecule has 1 aromatic heterocycles. The van der Waals surface area contributed by atoms with E-state index >= 15 is 0 Å². The number of aryl methyl sites for hydroxylation is 1. The molecule has 0 amide bonds. The summed E-state index contributed by atoms with van der Waals surface area (Å²) >= 11 is 1.82. The molecule has 1 aliphatic rings. The van der Waals surface area contributed by atoms with E-state index in [4.69, 9.17) is 0 Å². The fourth-order valence-electron chi connectivity index (χ4n) is 1.53. The lowest BCUT2D eigenvalue weighted by Crippen LogP contribution is -2.29. The highest BCUT2D eigenvalue weighted by Gasteiger charge is 2.11. The van der Waals surface area contributed by atoms with Crippen molar-refractivity contribution in [3.63, 3.8) is 0 Å². The van der Waals surface area contributed by atoms with Crippen LogP contribution in [0.2, 0.25) is 0 Å². The second-order valence-corrected chi connectivity index (χ2v) is 5.28. The number of thioether (sulfide) groups is 1. The minimum atomic E-state index is 0.712. The molecule has 1 atom stereocenters. The molecule has 0 fully saturated rings. The fraction of sp³-hybridized carbons (Fsp3) is 0.636. The first kappa shape index (κ1) is 11.5. The minimum Gasteiger partial charge on any atom is -0.363 e. The number of aliphatic imine (C=N–C) groups is 1. The number of hydrogen-bond donors (Lipinski definition) is 1.